The molecule has 2 aromatic carbocycles. The van der Waals surface area contributed by atoms with Gasteiger partial charge >= 0.3 is 0 Å². The molecule has 0 radical (unpaired) electrons. The highest BCUT2D eigenvalue weighted by atomic mass is 32.2. The van der Waals surface area contributed by atoms with E-state index in [1.165, 1.54) is 22.5 Å². The molecule has 1 amide bonds. The number of rotatable bonds is 7. The van der Waals surface area contributed by atoms with Crippen molar-refractivity contribution < 1.29 is 17.6 Å². The number of aryl methyl sites for hydroxylation is 1. The number of carbonyl (C=O) groups is 1. The third kappa shape index (κ3) is 4.47. The number of hydrogen-bond donors (Lipinski definition) is 1. The highest BCUT2D eigenvalue weighted by Gasteiger charge is 2.21. The zero-order chi connectivity index (χ0) is 19.3. The van der Waals surface area contributed by atoms with Crippen LogP contribution >= 0.6 is 0 Å². The van der Waals surface area contributed by atoms with Gasteiger partial charge in [0.1, 0.15) is 5.82 Å². The van der Waals surface area contributed by atoms with Crippen molar-refractivity contribution in [3.63, 3.8) is 0 Å². The molecule has 0 aliphatic rings. The van der Waals surface area contributed by atoms with Crippen LogP contribution in [0.5, 0.6) is 0 Å². The van der Waals surface area contributed by atoms with Crippen molar-refractivity contribution in [1.29, 1.82) is 0 Å². The number of nitrogens with one attached hydrogen (secondary N) is 1. The second-order valence-corrected chi connectivity index (χ2v) is 7.82. The zero-order valence-electron chi connectivity index (χ0n) is 15.1. The van der Waals surface area contributed by atoms with E-state index in [-0.39, 0.29) is 22.9 Å². The van der Waals surface area contributed by atoms with Crippen molar-refractivity contribution in [3.8, 4) is 0 Å². The summed E-state index contributed by atoms with van der Waals surface area (Å²) in [5.41, 5.74) is 1.48. The summed E-state index contributed by atoms with van der Waals surface area (Å²) in [5, 5.41) is 2.70. The molecule has 0 aromatic heterocycles. The van der Waals surface area contributed by atoms with Gasteiger partial charge in [0.25, 0.3) is 5.91 Å². The summed E-state index contributed by atoms with van der Waals surface area (Å²) < 4.78 is 39.8. The number of amides is 1. The Hall–Kier alpha value is -2.25. The quantitative estimate of drug-likeness (QED) is 0.805. The van der Waals surface area contributed by atoms with Crippen molar-refractivity contribution in [3.05, 3.63) is 65.0 Å². The van der Waals surface area contributed by atoms with Crippen LogP contribution in [0.3, 0.4) is 0 Å². The Morgan fingerprint density at radius 3 is 2.23 bits per heavy atom. The highest BCUT2D eigenvalue weighted by Crippen LogP contribution is 2.16. The van der Waals surface area contributed by atoms with Crippen LogP contribution in [0.2, 0.25) is 0 Å². The number of benzene rings is 2. The highest BCUT2D eigenvalue weighted by molar-refractivity contribution is 7.89. The predicted octanol–water partition coefficient (Wildman–Crippen LogP) is 3.09. The third-order valence-corrected chi connectivity index (χ3v) is 6.22. The summed E-state index contributed by atoms with van der Waals surface area (Å²) in [6.45, 7) is 6.25. The fourth-order valence-electron chi connectivity index (χ4n) is 2.51. The van der Waals surface area contributed by atoms with Gasteiger partial charge in [0.05, 0.1) is 4.90 Å². The van der Waals surface area contributed by atoms with E-state index in [0.29, 0.717) is 18.7 Å². The monoisotopic (exact) mass is 378 g/mol. The molecule has 5 nitrogen and oxygen atoms in total. The van der Waals surface area contributed by atoms with Crippen LogP contribution in [0.1, 0.15) is 35.3 Å². The fourth-order valence-corrected chi connectivity index (χ4v) is 3.97. The summed E-state index contributed by atoms with van der Waals surface area (Å²) in [6, 6.07) is 10.7. The second kappa shape index (κ2) is 8.42. The lowest BCUT2D eigenvalue weighted by molar-refractivity contribution is 0.0950. The molecule has 0 saturated heterocycles. The van der Waals surface area contributed by atoms with Gasteiger partial charge in [0.15, 0.2) is 0 Å². The Kier molecular flexibility index (Phi) is 6.50. The molecule has 26 heavy (non-hydrogen) atoms. The molecule has 2 aromatic rings. The van der Waals surface area contributed by atoms with Crippen molar-refractivity contribution in [2.24, 2.45) is 0 Å². The second-order valence-electron chi connectivity index (χ2n) is 5.88. The van der Waals surface area contributed by atoms with Gasteiger partial charge in [-0.15, -0.1) is 0 Å². The van der Waals surface area contributed by atoms with Crippen LogP contribution in [0.4, 0.5) is 4.39 Å². The summed E-state index contributed by atoms with van der Waals surface area (Å²) >= 11 is 0. The molecule has 7 heteroatoms. The largest absolute Gasteiger partial charge is 0.348 e. The molecule has 0 saturated carbocycles. The minimum absolute atomic E-state index is 0.219. The zero-order valence-corrected chi connectivity index (χ0v) is 15.9. The van der Waals surface area contributed by atoms with E-state index < -0.39 is 15.8 Å². The van der Waals surface area contributed by atoms with E-state index in [0.717, 1.165) is 5.56 Å². The first-order chi connectivity index (χ1) is 12.3. The number of hydrogen-bond acceptors (Lipinski definition) is 3. The van der Waals surface area contributed by atoms with E-state index in [1.54, 1.807) is 45.0 Å². The summed E-state index contributed by atoms with van der Waals surface area (Å²) in [4.78, 5) is 12.3. The molecule has 0 unspecified atom stereocenters. The Balaban J connectivity index is 2.05. The predicted molar refractivity (Wildman–Crippen MR) is 98.9 cm³/mol. The van der Waals surface area contributed by atoms with E-state index in [2.05, 4.69) is 5.32 Å². The summed E-state index contributed by atoms with van der Waals surface area (Å²) in [7, 11) is -3.50. The van der Waals surface area contributed by atoms with Crippen LogP contribution in [-0.4, -0.2) is 31.7 Å². The Morgan fingerprint density at radius 1 is 1.08 bits per heavy atom. The molecule has 2 rings (SSSR count). The molecule has 140 valence electrons. The van der Waals surface area contributed by atoms with E-state index in [9.17, 15) is 17.6 Å². The maximum Gasteiger partial charge on any atom is 0.251 e. The lowest BCUT2D eigenvalue weighted by atomic mass is 10.1. The molecule has 0 fully saturated rings. The van der Waals surface area contributed by atoms with Crippen molar-refractivity contribution >= 4 is 15.9 Å². The minimum atomic E-state index is -3.50. The first-order valence-electron chi connectivity index (χ1n) is 8.43. The molecular formula is C19H23FN2O3S. The van der Waals surface area contributed by atoms with E-state index in [4.69, 9.17) is 0 Å². The van der Waals surface area contributed by atoms with Gasteiger partial charge in [0, 0.05) is 25.2 Å². The van der Waals surface area contributed by atoms with Gasteiger partial charge in [-0.2, -0.15) is 4.31 Å². The summed E-state index contributed by atoms with van der Waals surface area (Å²) in [6.07, 6.45) is 0. The number of sulfonamides is 1. The molecule has 0 heterocycles. The average Bonchev–Trinajstić information content (AvgIpc) is 2.63. The maximum absolute atomic E-state index is 13.5. The normalized spacial score (nSPS) is 11.6. The fraction of sp³-hybridized carbons (Fsp3) is 0.316. The van der Waals surface area contributed by atoms with Crippen molar-refractivity contribution in [2.45, 2.75) is 32.2 Å². The van der Waals surface area contributed by atoms with Gasteiger partial charge in [-0.1, -0.05) is 32.0 Å². The van der Waals surface area contributed by atoms with Gasteiger partial charge < -0.3 is 5.32 Å². The number of carbonyl (C=O) groups excluding carboxylic acids is 1. The summed E-state index contributed by atoms with van der Waals surface area (Å²) in [5.74, 6) is -0.813. The molecule has 1 N–H and O–H groups in total. The van der Waals surface area contributed by atoms with Crippen LogP contribution in [0, 0.1) is 12.7 Å². The lowest BCUT2D eigenvalue weighted by Crippen LogP contribution is -2.30. The standard InChI is InChI=1S/C19H23FN2O3S/c1-4-22(5-2)26(24,25)17-10-7-15(8-11-17)13-21-19(23)16-9-6-14(3)18(20)12-16/h6-12H,4-5,13H2,1-3H3,(H,21,23). The van der Waals surface area contributed by atoms with E-state index >= 15 is 0 Å². The Labute approximate surface area is 153 Å². The first kappa shape index (κ1) is 20.1. The van der Waals surface area contributed by atoms with Crippen LogP contribution < -0.4 is 5.32 Å². The van der Waals surface area contributed by atoms with Gasteiger partial charge in [-0.25, -0.2) is 12.8 Å². The molecule has 0 atom stereocenters. The Bertz CT molecular complexity index is 876. The number of nitrogens with zero attached hydrogens (tertiary/aromatic N) is 1. The lowest BCUT2D eigenvalue weighted by Gasteiger charge is -2.18. The smallest absolute Gasteiger partial charge is 0.251 e. The van der Waals surface area contributed by atoms with Gasteiger partial charge in [0.2, 0.25) is 10.0 Å². The molecule has 0 spiro atoms. The maximum atomic E-state index is 13.5. The molecular weight excluding hydrogens is 355 g/mol. The molecule has 0 aliphatic heterocycles. The minimum Gasteiger partial charge on any atom is -0.348 e. The van der Waals surface area contributed by atoms with E-state index in [1.807, 2.05) is 0 Å². The third-order valence-electron chi connectivity index (χ3n) is 4.15. The topological polar surface area (TPSA) is 66.5 Å². The van der Waals surface area contributed by atoms with Gasteiger partial charge in [-0.05, 0) is 42.3 Å². The van der Waals surface area contributed by atoms with Crippen LogP contribution in [0.15, 0.2) is 47.4 Å². The Morgan fingerprint density at radius 2 is 1.69 bits per heavy atom. The average molecular weight is 378 g/mol. The SMILES string of the molecule is CCN(CC)S(=O)(=O)c1ccc(CNC(=O)c2ccc(C)c(F)c2)cc1. The van der Waals surface area contributed by atoms with Crippen LogP contribution in [0.25, 0.3) is 0 Å². The molecule has 0 bridgehead atoms. The van der Waals surface area contributed by atoms with Crippen molar-refractivity contribution in [2.75, 3.05) is 13.1 Å². The van der Waals surface area contributed by atoms with Gasteiger partial charge in [-0.3, -0.25) is 4.79 Å². The first-order valence-corrected chi connectivity index (χ1v) is 9.87. The van der Waals surface area contributed by atoms with Crippen LogP contribution in [-0.2, 0) is 16.6 Å². The number of halogens is 1. The van der Waals surface area contributed by atoms with Crippen molar-refractivity contribution in [1.82, 2.24) is 9.62 Å². The molecule has 0 aliphatic carbocycles.